The molecule has 9 heteroatoms. The number of hydrogen-bond acceptors (Lipinski definition) is 9. The fourth-order valence-corrected chi connectivity index (χ4v) is 7.50. The van der Waals surface area contributed by atoms with E-state index < -0.39 is 32.6 Å². The number of benzene rings is 8. The molecule has 0 aliphatic carbocycles. The molecule has 0 fully saturated rings. The van der Waals surface area contributed by atoms with Crippen molar-refractivity contribution in [1.82, 2.24) is 0 Å². The minimum absolute atomic E-state index is 0.126. The van der Waals surface area contributed by atoms with Gasteiger partial charge in [-0.1, -0.05) is 0 Å². The summed E-state index contributed by atoms with van der Waals surface area (Å²) in [5.74, 6) is 0. The highest BCUT2D eigenvalue weighted by Gasteiger charge is 2.06. The van der Waals surface area contributed by atoms with E-state index in [0.29, 0.717) is 33.5 Å². The first-order valence-corrected chi connectivity index (χ1v) is 19.8. The molecule has 29 aromatic rings. The molecule has 21 aromatic heterocycles. The lowest BCUT2D eigenvalue weighted by Crippen LogP contribution is -2.05. The molecule has 0 N–H and O–H groups in total. The van der Waals surface area contributed by atoms with Gasteiger partial charge in [0.05, 0.1) is 0 Å². The summed E-state index contributed by atoms with van der Waals surface area (Å²) in [4.78, 5) is 84.7. The van der Waals surface area contributed by atoms with Gasteiger partial charge in [0.1, 0.15) is 33.5 Å². The van der Waals surface area contributed by atoms with Crippen molar-refractivity contribution in [1.29, 1.82) is 0 Å². The van der Waals surface area contributed by atoms with Crippen LogP contribution >= 0.6 is 0 Å². The maximum atomic E-state index is 14.1. The van der Waals surface area contributed by atoms with E-state index in [1.807, 2.05) is 0 Å². The Bertz CT molecular complexity index is 3390. The van der Waals surface area contributed by atoms with E-state index in [1.54, 1.807) is 146 Å². The second-order valence-corrected chi connectivity index (χ2v) is 15.0. The zero-order valence-corrected chi connectivity index (χ0v) is 33.0. The van der Waals surface area contributed by atoms with E-state index >= 15 is 0 Å². The zero-order valence-electron chi connectivity index (χ0n) is 33.0. The van der Waals surface area contributed by atoms with Gasteiger partial charge < -0.3 is 13.3 Å². The Morgan fingerprint density at radius 1 is 0.175 bits per heavy atom. The predicted molar refractivity (Wildman–Crippen MR) is 251 cm³/mol. The summed E-state index contributed by atoms with van der Waals surface area (Å²) in [5.41, 5.74) is -0.102. The summed E-state index contributed by atoms with van der Waals surface area (Å²) in [6, 6.07) is 47.3. The Morgan fingerprint density at radius 2 is 0.302 bits per heavy atom. The fraction of sp³-hybridized carbons (Fsp3) is 0. The topological polar surface area (TPSA) is 142 Å². The average Bonchev–Trinajstić information content (AvgIpc) is 3.33. The number of rotatable bonds is 0. The van der Waals surface area contributed by atoms with Gasteiger partial charge in [0.2, 0.25) is 0 Å². The standard InChI is InChI=1S/C54H30O9/c55-49-31-1-13-43(14-2-31)61-44-15-3-32(4-16-44)52(58)40-28-41-30-42(29-40)54(60)36-11-23-48(24-12-36)63-46-19-7-34(8-20-46)51(57)39-26-37(49)25-38(27-39)50(56)33-5-17-45(18-6-33)62-47-21-9-35(10-22-47)53(41)59/h1-30H. The molecule has 0 aliphatic rings. The molecule has 8 aromatic carbocycles. The van der Waals surface area contributed by atoms with Gasteiger partial charge in [-0.2, -0.15) is 0 Å². The van der Waals surface area contributed by atoms with Crippen molar-refractivity contribution in [3.8, 4) is 0 Å². The van der Waals surface area contributed by atoms with Crippen molar-refractivity contribution in [2.75, 3.05) is 0 Å². The summed E-state index contributed by atoms with van der Waals surface area (Å²) in [6.45, 7) is 0. The fourth-order valence-electron chi connectivity index (χ4n) is 7.50. The average molecular weight is 823 g/mol. The molecule has 0 atom stereocenters. The van der Waals surface area contributed by atoms with Gasteiger partial charge in [0.25, 0.3) is 0 Å². The molecule has 300 valence electrons. The van der Waals surface area contributed by atoms with E-state index in [9.17, 15) is 28.8 Å². The SMILES string of the molecule is O=c1c2ccc(cc2)oc2ccc(cc2)c(=O)c2cc3cc(c2)c(=O)c2ccc(cc2)oc2ccc(cc2)c(=O)c2cc1cc(c2)c(=O)c1ccc(cc1)oc1ccc(cc1)c3=O. The normalized spacial score (nSPS) is 11.2. The zero-order chi connectivity index (χ0) is 43.2. The molecule has 21 heterocycles. The summed E-state index contributed by atoms with van der Waals surface area (Å²) in [6.07, 6.45) is 0. The summed E-state index contributed by atoms with van der Waals surface area (Å²) in [7, 11) is 0. The van der Waals surface area contributed by atoms with Crippen LogP contribution in [0.3, 0.4) is 0 Å². The van der Waals surface area contributed by atoms with Gasteiger partial charge in [0.15, 0.2) is 32.6 Å². The Morgan fingerprint density at radius 3 is 0.429 bits per heavy atom. The van der Waals surface area contributed by atoms with Gasteiger partial charge >= 0.3 is 0 Å². The molecular formula is C54H30O9. The maximum Gasteiger partial charge on any atom is 0.193 e. The molecule has 0 radical (unpaired) electrons. The predicted octanol–water partition coefficient (Wildman–Crippen LogP) is 10.4. The van der Waals surface area contributed by atoms with Gasteiger partial charge in [0, 0.05) is 64.6 Å². The molecule has 0 saturated heterocycles. The molecule has 0 unspecified atom stereocenters. The van der Waals surface area contributed by atoms with Crippen LogP contribution in [-0.2, 0) is 0 Å². The lowest BCUT2D eigenvalue weighted by atomic mass is 10.1. The van der Waals surface area contributed by atoms with E-state index in [-0.39, 0.29) is 64.6 Å². The minimum Gasteiger partial charge on any atom is -0.457 e. The van der Waals surface area contributed by atoms with Crippen molar-refractivity contribution in [2.45, 2.75) is 0 Å². The van der Waals surface area contributed by atoms with Gasteiger partial charge in [-0.15, -0.1) is 0 Å². The first-order chi connectivity index (χ1) is 30.6. The molecule has 9 nitrogen and oxygen atoms in total. The Kier molecular flexibility index (Phi) is 9.54. The van der Waals surface area contributed by atoms with Crippen molar-refractivity contribution in [3.05, 3.63) is 243 Å². The highest BCUT2D eigenvalue weighted by Crippen LogP contribution is 2.16. The lowest BCUT2D eigenvalue weighted by Gasteiger charge is -1.97. The molecule has 0 spiro atoms. The lowest BCUT2D eigenvalue weighted by molar-refractivity contribution is 0.655. The minimum atomic E-state index is -0.422. The van der Waals surface area contributed by atoms with Crippen molar-refractivity contribution < 1.29 is 13.3 Å². The number of hydrogen-bond donors (Lipinski definition) is 0. The second-order valence-electron chi connectivity index (χ2n) is 15.0. The molecule has 0 saturated carbocycles. The first-order valence-electron chi connectivity index (χ1n) is 19.8. The smallest absolute Gasteiger partial charge is 0.193 e. The summed E-state index contributed by atoms with van der Waals surface area (Å²) in [5, 5.41) is 2.48. The van der Waals surface area contributed by atoms with Gasteiger partial charge in [-0.05, 0) is 182 Å². The summed E-state index contributed by atoms with van der Waals surface area (Å²) < 4.78 is 18.2. The van der Waals surface area contributed by atoms with E-state index in [0.717, 1.165) is 0 Å². The maximum absolute atomic E-state index is 14.1. The van der Waals surface area contributed by atoms with Crippen molar-refractivity contribution in [3.63, 3.8) is 0 Å². The van der Waals surface area contributed by atoms with Crippen LogP contribution in [0.1, 0.15) is 0 Å². The van der Waals surface area contributed by atoms with Gasteiger partial charge in [-0.3, -0.25) is 28.8 Å². The van der Waals surface area contributed by atoms with Crippen LogP contribution in [0.15, 0.2) is 224 Å². The van der Waals surface area contributed by atoms with E-state index in [1.165, 1.54) is 36.4 Å². The third kappa shape index (κ3) is 7.62. The largest absolute Gasteiger partial charge is 0.457 e. The van der Waals surface area contributed by atoms with Gasteiger partial charge in [-0.25, -0.2) is 0 Å². The van der Waals surface area contributed by atoms with Crippen LogP contribution in [0.25, 0.3) is 98.1 Å². The van der Waals surface area contributed by atoms with Crippen LogP contribution in [0.2, 0.25) is 0 Å². The highest BCUT2D eigenvalue weighted by atomic mass is 16.3. The van der Waals surface area contributed by atoms with Crippen LogP contribution in [0.5, 0.6) is 0 Å². The molecule has 0 amide bonds. The molecule has 18 bridgehead atoms. The van der Waals surface area contributed by atoms with Crippen LogP contribution in [0.4, 0.5) is 0 Å². The highest BCUT2D eigenvalue weighted by molar-refractivity contribution is 5.86. The monoisotopic (exact) mass is 822 g/mol. The first kappa shape index (κ1) is 38.4. The Balaban J connectivity index is 1.41. The quantitative estimate of drug-likeness (QED) is 0.146. The molecule has 63 heavy (non-hydrogen) atoms. The Hall–Kier alpha value is -8.82. The molecule has 0 aliphatic heterocycles. The molecule has 29 rings (SSSR count). The third-order valence-electron chi connectivity index (χ3n) is 10.8. The Labute approximate surface area is 353 Å². The van der Waals surface area contributed by atoms with E-state index in [4.69, 9.17) is 13.3 Å². The van der Waals surface area contributed by atoms with Crippen molar-refractivity contribution >= 4 is 98.1 Å². The van der Waals surface area contributed by atoms with Crippen molar-refractivity contribution in [2.24, 2.45) is 0 Å². The summed E-state index contributed by atoms with van der Waals surface area (Å²) >= 11 is 0. The van der Waals surface area contributed by atoms with Crippen LogP contribution in [0, 0.1) is 0 Å². The second kappa shape index (κ2) is 15.7. The van der Waals surface area contributed by atoms with E-state index in [2.05, 4.69) is 0 Å². The molecular weight excluding hydrogens is 793 g/mol. The van der Waals surface area contributed by atoms with Crippen LogP contribution < -0.4 is 32.6 Å². The third-order valence-corrected chi connectivity index (χ3v) is 10.8. The van der Waals surface area contributed by atoms with Crippen LogP contribution in [-0.4, -0.2) is 0 Å².